The first kappa shape index (κ1) is 8.16. The molecular weight excluding hydrogens is 170 g/mol. The highest BCUT2D eigenvalue weighted by molar-refractivity contribution is 5.75. The van der Waals surface area contributed by atoms with Crippen LogP contribution in [0.15, 0.2) is 16.9 Å². The number of esters is 1. The molecule has 1 N–H and O–H groups in total. The molecule has 0 fully saturated rings. The van der Waals surface area contributed by atoms with Crippen LogP contribution in [0.2, 0.25) is 0 Å². The summed E-state index contributed by atoms with van der Waals surface area (Å²) < 4.78 is 9.69. The summed E-state index contributed by atoms with van der Waals surface area (Å²) in [4.78, 5) is 11.2. The van der Waals surface area contributed by atoms with Gasteiger partial charge in [0.2, 0.25) is 0 Å². The highest BCUT2D eigenvalue weighted by Crippen LogP contribution is 2.25. The molecule has 0 radical (unpaired) electrons. The normalized spacial score (nSPS) is 20.2. The summed E-state index contributed by atoms with van der Waals surface area (Å²) in [6.45, 7) is 0.624. The average molecular weight is 181 g/mol. The van der Waals surface area contributed by atoms with Crippen LogP contribution in [0.4, 0.5) is 5.69 Å². The lowest BCUT2D eigenvalue weighted by molar-refractivity contribution is -0.145. The van der Waals surface area contributed by atoms with Crippen molar-refractivity contribution < 1.29 is 13.9 Å². The number of furan rings is 1. The number of carbonyl (C=O) groups is 1. The van der Waals surface area contributed by atoms with E-state index in [1.807, 2.05) is 0 Å². The first-order valence-electron chi connectivity index (χ1n) is 4.18. The monoisotopic (exact) mass is 181 g/mol. The van der Waals surface area contributed by atoms with Crippen LogP contribution in [0.5, 0.6) is 0 Å². The van der Waals surface area contributed by atoms with E-state index in [2.05, 4.69) is 10.1 Å². The first-order chi connectivity index (χ1) is 6.31. The van der Waals surface area contributed by atoms with Gasteiger partial charge in [0.25, 0.3) is 0 Å². The lowest BCUT2D eigenvalue weighted by atomic mass is 9.97. The van der Waals surface area contributed by atoms with Crippen LogP contribution in [0.3, 0.4) is 0 Å². The molecule has 0 saturated carbocycles. The molecule has 0 bridgehead atoms. The Bertz CT molecular complexity index is 318. The summed E-state index contributed by atoms with van der Waals surface area (Å²) in [7, 11) is 1.41. The van der Waals surface area contributed by atoms with Gasteiger partial charge in [-0.1, -0.05) is 0 Å². The van der Waals surface area contributed by atoms with Crippen molar-refractivity contribution in [2.24, 2.45) is 5.92 Å². The molecule has 4 heteroatoms. The van der Waals surface area contributed by atoms with Crippen molar-refractivity contribution in [1.29, 1.82) is 0 Å². The standard InChI is InChI=1S/C9H11NO3/c1-12-9(11)6-2-7-4-13-5-8(7)10-3-6/h4-6,10H,2-3H2,1H3. The molecule has 1 atom stereocenters. The number of methoxy groups -OCH3 is 1. The minimum atomic E-state index is -0.167. The van der Waals surface area contributed by atoms with Crippen LogP contribution in [0, 0.1) is 5.92 Å². The summed E-state index contributed by atoms with van der Waals surface area (Å²) >= 11 is 0. The summed E-state index contributed by atoms with van der Waals surface area (Å²) in [5, 5.41) is 3.11. The second-order valence-corrected chi connectivity index (χ2v) is 3.12. The van der Waals surface area contributed by atoms with Gasteiger partial charge >= 0.3 is 5.97 Å². The van der Waals surface area contributed by atoms with E-state index in [1.54, 1.807) is 12.5 Å². The fourth-order valence-electron chi connectivity index (χ4n) is 1.54. The molecular formula is C9H11NO3. The van der Waals surface area contributed by atoms with Gasteiger partial charge in [0.15, 0.2) is 0 Å². The molecule has 0 spiro atoms. The molecule has 1 aliphatic heterocycles. The fraction of sp³-hybridized carbons (Fsp3) is 0.444. The van der Waals surface area contributed by atoms with Crippen molar-refractivity contribution in [3.63, 3.8) is 0 Å². The molecule has 0 aromatic carbocycles. The second kappa shape index (κ2) is 3.12. The van der Waals surface area contributed by atoms with Gasteiger partial charge in [0.1, 0.15) is 6.26 Å². The van der Waals surface area contributed by atoms with E-state index >= 15 is 0 Å². The van der Waals surface area contributed by atoms with E-state index in [0.717, 1.165) is 11.3 Å². The first-order valence-corrected chi connectivity index (χ1v) is 4.18. The van der Waals surface area contributed by atoms with E-state index in [0.29, 0.717) is 13.0 Å². The van der Waals surface area contributed by atoms with Crippen LogP contribution < -0.4 is 5.32 Å². The Morgan fingerprint density at radius 2 is 2.54 bits per heavy atom. The quantitative estimate of drug-likeness (QED) is 0.657. The zero-order valence-electron chi connectivity index (χ0n) is 7.37. The van der Waals surface area contributed by atoms with Gasteiger partial charge in [-0.2, -0.15) is 0 Å². The molecule has 2 heterocycles. The van der Waals surface area contributed by atoms with Gasteiger partial charge in [0, 0.05) is 12.1 Å². The predicted octanol–water partition coefficient (Wildman–Crippen LogP) is 1.04. The third kappa shape index (κ3) is 1.39. The Balaban J connectivity index is 2.13. The summed E-state index contributed by atoms with van der Waals surface area (Å²) in [6.07, 6.45) is 4.02. The maximum absolute atomic E-state index is 11.2. The summed E-state index contributed by atoms with van der Waals surface area (Å²) in [5.41, 5.74) is 2.03. The van der Waals surface area contributed by atoms with Crippen molar-refractivity contribution in [2.45, 2.75) is 6.42 Å². The maximum atomic E-state index is 11.2. The molecule has 0 saturated heterocycles. The Labute approximate surface area is 75.9 Å². The van der Waals surface area contributed by atoms with E-state index in [1.165, 1.54) is 7.11 Å². The number of ether oxygens (including phenoxy) is 1. The van der Waals surface area contributed by atoms with Crippen LogP contribution in [0.25, 0.3) is 0 Å². The van der Waals surface area contributed by atoms with Crippen LogP contribution in [-0.2, 0) is 16.0 Å². The van der Waals surface area contributed by atoms with Gasteiger partial charge in [-0.05, 0) is 6.42 Å². The zero-order valence-corrected chi connectivity index (χ0v) is 7.37. The van der Waals surface area contributed by atoms with Crippen LogP contribution in [-0.4, -0.2) is 19.6 Å². The Morgan fingerprint density at radius 1 is 1.69 bits per heavy atom. The number of fused-ring (bicyclic) bond motifs is 1. The number of carbonyl (C=O) groups excluding carboxylic acids is 1. The molecule has 13 heavy (non-hydrogen) atoms. The lowest BCUT2D eigenvalue weighted by Crippen LogP contribution is -2.29. The fourth-order valence-corrected chi connectivity index (χ4v) is 1.54. The van der Waals surface area contributed by atoms with Crippen molar-refractivity contribution in [3.8, 4) is 0 Å². The zero-order chi connectivity index (χ0) is 9.26. The van der Waals surface area contributed by atoms with Crippen molar-refractivity contribution >= 4 is 11.7 Å². The molecule has 1 aliphatic rings. The Hall–Kier alpha value is -1.45. The number of rotatable bonds is 1. The number of nitrogens with one attached hydrogen (secondary N) is 1. The van der Waals surface area contributed by atoms with Gasteiger partial charge in [-0.3, -0.25) is 4.79 Å². The van der Waals surface area contributed by atoms with Crippen molar-refractivity contribution in [1.82, 2.24) is 0 Å². The maximum Gasteiger partial charge on any atom is 0.310 e. The highest BCUT2D eigenvalue weighted by atomic mass is 16.5. The van der Waals surface area contributed by atoms with Gasteiger partial charge in [-0.15, -0.1) is 0 Å². The largest absolute Gasteiger partial charge is 0.470 e. The van der Waals surface area contributed by atoms with E-state index in [-0.39, 0.29) is 11.9 Å². The average Bonchev–Trinajstić information content (AvgIpc) is 2.63. The molecule has 70 valence electrons. The highest BCUT2D eigenvalue weighted by Gasteiger charge is 2.25. The smallest absolute Gasteiger partial charge is 0.310 e. The van der Waals surface area contributed by atoms with E-state index < -0.39 is 0 Å². The van der Waals surface area contributed by atoms with Crippen molar-refractivity contribution in [3.05, 3.63) is 18.1 Å². The molecule has 4 nitrogen and oxygen atoms in total. The SMILES string of the molecule is COC(=O)C1CNc2cocc2C1. The topological polar surface area (TPSA) is 51.5 Å². The van der Waals surface area contributed by atoms with Crippen LogP contribution >= 0.6 is 0 Å². The number of hydrogen-bond acceptors (Lipinski definition) is 4. The molecule has 1 unspecified atom stereocenters. The molecule has 1 aromatic rings. The van der Waals surface area contributed by atoms with Gasteiger partial charge in [0.05, 0.1) is 25.0 Å². The lowest BCUT2D eigenvalue weighted by Gasteiger charge is -2.20. The summed E-state index contributed by atoms with van der Waals surface area (Å²) in [6, 6.07) is 0. The number of hydrogen-bond donors (Lipinski definition) is 1. The third-order valence-corrected chi connectivity index (χ3v) is 2.28. The Morgan fingerprint density at radius 3 is 3.31 bits per heavy atom. The Kier molecular flexibility index (Phi) is 1.96. The molecule has 0 amide bonds. The second-order valence-electron chi connectivity index (χ2n) is 3.12. The van der Waals surface area contributed by atoms with Gasteiger partial charge in [-0.25, -0.2) is 0 Å². The number of anilines is 1. The van der Waals surface area contributed by atoms with E-state index in [4.69, 9.17) is 4.42 Å². The minimum Gasteiger partial charge on any atom is -0.470 e. The molecule has 1 aromatic heterocycles. The molecule has 2 rings (SSSR count). The summed E-state index contributed by atoms with van der Waals surface area (Å²) in [5.74, 6) is -0.255. The van der Waals surface area contributed by atoms with Crippen molar-refractivity contribution in [2.75, 3.05) is 19.0 Å². The third-order valence-electron chi connectivity index (χ3n) is 2.28. The van der Waals surface area contributed by atoms with E-state index in [9.17, 15) is 4.79 Å². The molecule has 0 aliphatic carbocycles. The van der Waals surface area contributed by atoms with Gasteiger partial charge < -0.3 is 14.5 Å². The predicted molar refractivity (Wildman–Crippen MR) is 46.4 cm³/mol. The minimum absolute atomic E-state index is 0.0879. The van der Waals surface area contributed by atoms with Crippen LogP contribution in [0.1, 0.15) is 5.56 Å².